The zero-order valence-corrected chi connectivity index (χ0v) is 21.4. The van der Waals surface area contributed by atoms with Gasteiger partial charge in [0.15, 0.2) is 0 Å². The molecule has 5 aromatic carbocycles. The summed E-state index contributed by atoms with van der Waals surface area (Å²) in [6.45, 7) is 0. The molecule has 0 aromatic heterocycles. The maximum Gasteiger partial charge on any atom is 2.00 e. The first kappa shape index (κ1) is 28.9. The Kier molecular flexibility index (Phi) is 13.1. The standard InChI is InChI=1S/C16H13O3PS.2C5H5.2Fe/c17-21(18,19)16-12-6-5-11-15(16)20(13-7-1-2-8-13)14-9-3-4-10-14;2*1-2-4-5-3-1;;/h1-12H,(H,17,18,19);2*1-5H;;/q-2;2*-1;2*+2. The molecule has 0 heterocycles. The van der Waals surface area contributed by atoms with E-state index in [1.807, 2.05) is 109 Å². The Balaban J connectivity index is 0.000000375. The largest absolute Gasteiger partial charge is 2.00 e. The van der Waals surface area contributed by atoms with Crippen LogP contribution in [0.4, 0.5) is 0 Å². The molecule has 0 saturated carbocycles. The van der Waals surface area contributed by atoms with Crippen molar-refractivity contribution in [3.63, 3.8) is 0 Å². The second-order valence-electron chi connectivity index (χ2n) is 6.49. The van der Waals surface area contributed by atoms with Crippen LogP contribution in [0.25, 0.3) is 0 Å². The summed E-state index contributed by atoms with van der Waals surface area (Å²) in [6.07, 6.45) is 0. The molecule has 0 radical (unpaired) electrons. The minimum atomic E-state index is -4.24. The van der Waals surface area contributed by atoms with E-state index in [4.69, 9.17) is 0 Å². The minimum absolute atomic E-state index is 0. The quantitative estimate of drug-likeness (QED) is 0.137. The topological polar surface area (TPSA) is 54.4 Å². The van der Waals surface area contributed by atoms with E-state index in [-0.39, 0.29) is 39.0 Å². The molecule has 0 aliphatic carbocycles. The predicted molar refractivity (Wildman–Crippen MR) is 129 cm³/mol. The van der Waals surface area contributed by atoms with Crippen molar-refractivity contribution in [2.75, 3.05) is 0 Å². The molecular weight excluding hydrogens is 535 g/mol. The van der Waals surface area contributed by atoms with Crippen molar-refractivity contribution >= 4 is 28.3 Å². The molecule has 5 aromatic rings. The van der Waals surface area contributed by atoms with Gasteiger partial charge in [-0.15, -0.1) is 36.4 Å². The molecule has 0 fully saturated rings. The third kappa shape index (κ3) is 8.97. The molecule has 0 spiro atoms. The normalized spacial score (nSPS) is 9.73. The maximum absolute atomic E-state index is 11.7. The zero-order chi connectivity index (χ0) is 21.9. The summed E-state index contributed by atoms with van der Waals surface area (Å²) in [7, 11) is -5.24. The Morgan fingerprint density at radius 1 is 0.667 bits per heavy atom. The molecule has 0 saturated heterocycles. The fraction of sp³-hybridized carbons (Fsp3) is 0. The fourth-order valence-corrected chi connectivity index (χ4v) is 6.48. The molecule has 0 unspecified atom stereocenters. The van der Waals surface area contributed by atoms with Crippen LogP contribution in [0.1, 0.15) is 0 Å². The van der Waals surface area contributed by atoms with Gasteiger partial charge in [-0.25, -0.2) is 56.9 Å². The second kappa shape index (κ2) is 14.9. The maximum atomic E-state index is 11.7. The molecule has 5 rings (SSSR count). The van der Waals surface area contributed by atoms with Gasteiger partial charge in [-0.2, -0.15) is 48.5 Å². The van der Waals surface area contributed by atoms with Crippen LogP contribution in [0.5, 0.6) is 0 Å². The molecule has 0 aliphatic heterocycles. The van der Waals surface area contributed by atoms with Crippen LogP contribution in [0.3, 0.4) is 0 Å². The van der Waals surface area contributed by atoms with E-state index in [0.29, 0.717) is 4.94 Å². The molecule has 33 heavy (non-hydrogen) atoms. The number of benzene rings is 1. The van der Waals surface area contributed by atoms with Crippen LogP contribution < -0.4 is 10.6 Å². The Morgan fingerprint density at radius 3 is 1.42 bits per heavy atom. The molecular formula is C26H23Fe2O3PS. The number of hydrogen-bond acceptors (Lipinski definition) is 2. The van der Waals surface area contributed by atoms with Gasteiger partial charge in [0.2, 0.25) is 0 Å². The van der Waals surface area contributed by atoms with Gasteiger partial charge < -0.3 is 0 Å². The molecule has 0 amide bonds. The van der Waals surface area contributed by atoms with E-state index in [9.17, 15) is 13.0 Å². The van der Waals surface area contributed by atoms with Gasteiger partial charge in [0.25, 0.3) is 10.1 Å². The van der Waals surface area contributed by atoms with E-state index >= 15 is 0 Å². The third-order valence-corrected chi connectivity index (χ3v) is 7.87. The summed E-state index contributed by atoms with van der Waals surface area (Å²) in [6, 6.07) is 42.3. The van der Waals surface area contributed by atoms with Gasteiger partial charge in [0, 0.05) is 28.0 Å². The fourth-order valence-electron chi connectivity index (χ4n) is 2.95. The minimum Gasteiger partial charge on any atom is -0.291 e. The first-order chi connectivity index (χ1) is 15.1. The average Bonchev–Trinajstić information content (AvgIpc) is 3.59. The van der Waals surface area contributed by atoms with Crippen LogP contribution in [0.2, 0.25) is 0 Å². The molecule has 3 nitrogen and oxygen atoms in total. The molecule has 0 bridgehead atoms. The molecule has 172 valence electrons. The Hall–Kier alpha value is -2.13. The molecule has 1 N–H and O–H groups in total. The molecule has 0 aliphatic rings. The van der Waals surface area contributed by atoms with E-state index in [2.05, 4.69) is 0 Å². The van der Waals surface area contributed by atoms with E-state index in [1.165, 1.54) is 6.07 Å². The van der Waals surface area contributed by atoms with Gasteiger partial charge >= 0.3 is 34.1 Å². The monoisotopic (exact) mass is 558 g/mol. The van der Waals surface area contributed by atoms with Crippen molar-refractivity contribution in [1.82, 2.24) is 0 Å². The summed E-state index contributed by atoms with van der Waals surface area (Å²) in [5.74, 6) is 0. The number of hydrogen-bond donors (Lipinski definition) is 1. The van der Waals surface area contributed by atoms with Gasteiger partial charge in [-0.1, -0.05) is 0 Å². The number of rotatable bonds is 3. The van der Waals surface area contributed by atoms with Crippen LogP contribution in [0.15, 0.2) is 138 Å². The second-order valence-corrected chi connectivity index (χ2v) is 10.1. The average molecular weight is 558 g/mol. The Bertz CT molecular complexity index is 1190. The van der Waals surface area contributed by atoms with Crippen LogP contribution in [-0.4, -0.2) is 13.0 Å². The van der Waals surface area contributed by atoms with Crippen LogP contribution in [-0.2, 0) is 44.3 Å². The van der Waals surface area contributed by atoms with E-state index in [0.717, 1.165) is 10.6 Å². The van der Waals surface area contributed by atoms with E-state index < -0.39 is 17.7 Å². The summed E-state index contributed by atoms with van der Waals surface area (Å²) in [4.78, 5) is 0.630. The van der Waals surface area contributed by atoms with Gasteiger partial charge in [-0.05, 0) is 0 Å². The van der Waals surface area contributed by atoms with Crippen molar-refractivity contribution in [2.45, 2.75) is 4.90 Å². The van der Waals surface area contributed by atoms with Gasteiger partial charge in [0.05, 0.1) is 0 Å². The predicted octanol–water partition coefficient (Wildman–Crippen LogP) is 5.56. The van der Waals surface area contributed by atoms with Crippen molar-refractivity contribution in [3.05, 3.63) is 138 Å². The zero-order valence-electron chi connectivity index (χ0n) is 17.5. The smallest absolute Gasteiger partial charge is 0.291 e. The molecule has 7 heteroatoms. The summed E-state index contributed by atoms with van der Waals surface area (Å²) >= 11 is 0. The SMILES string of the molecule is O=S(=O)(O)c1ccc[cH-]c1=[P+]([c-]1cccc1)[c-]1cccc1.[Fe+2].[Fe+2].c1cc[cH-]c1.c1cc[cH-]c1. The third-order valence-electron chi connectivity index (χ3n) is 4.30. The van der Waals surface area contributed by atoms with Crippen molar-refractivity contribution in [3.8, 4) is 0 Å². The molecule has 0 atom stereocenters. The van der Waals surface area contributed by atoms with Crippen LogP contribution in [0, 0.1) is 4.94 Å². The Morgan fingerprint density at radius 2 is 1.09 bits per heavy atom. The Labute approximate surface area is 217 Å². The van der Waals surface area contributed by atoms with Crippen LogP contribution >= 0.6 is 7.55 Å². The first-order valence-corrected chi connectivity index (χ1v) is 12.5. The van der Waals surface area contributed by atoms with Gasteiger partial charge in [-0.3, -0.25) is 4.55 Å². The van der Waals surface area contributed by atoms with Crippen molar-refractivity contribution in [2.24, 2.45) is 0 Å². The first-order valence-electron chi connectivity index (χ1n) is 9.71. The van der Waals surface area contributed by atoms with E-state index in [1.54, 1.807) is 18.2 Å². The summed E-state index contributed by atoms with van der Waals surface area (Å²) < 4.78 is 32.8. The van der Waals surface area contributed by atoms with Crippen molar-refractivity contribution in [1.29, 1.82) is 0 Å². The van der Waals surface area contributed by atoms with Gasteiger partial charge in [0.1, 0.15) is 0 Å². The summed E-state index contributed by atoms with van der Waals surface area (Å²) in [5.41, 5.74) is 0. The van der Waals surface area contributed by atoms with Crippen molar-refractivity contribution < 1.29 is 47.1 Å². The summed E-state index contributed by atoms with van der Waals surface area (Å²) in [5, 5.41) is 2.12.